The highest BCUT2D eigenvalue weighted by molar-refractivity contribution is 6.09. The van der Waals surface area contributed by atoms with Crippen molar-refractivity contribution in [1.82, 2.24) is 9.97 Å². The summed E-state index contributed by atoms with van der Waals surface area (Å²) in [6.45, 7) is 0. The molecule has 0 saturated heterocycles. The molecule has 0 radical (unpaired) electrons. The number of nitrogens with zero attached hydrogens (tertiary/aromatic N) is 2. The molecule has 0 aliphatic heterocycles. The summed E-state index contributed by atoms with van der Waals surface area (Å²) in [5, 5.41) is 8.30. The summed E-state index contributed by atoms with van der Waals surface area (Å²) in [6, 6.07) is 30.2. The third kappa shape index (κ3) is 4.10. The summed E-state index contributed by atoms with van der Waals surface area (Å²) in [5.74, 6) is 0.424. The van der Waals surface area contributed by atoms with Gasteiger partial charge in [-0.3, -0.25) is 4.79 Å². The lowest BCUT2D eigenvalue weighted by Crippen LogP contribution is -2.12. The Bertz CT molecular complexity index is 1720. The minimum absolute atomic E-state index is 0.219. The molecule has 4 aromatic carbocycles. The normalized spacial score (nSPS) is 11.0. The SMILES string of the molecule is Nc1cccc(C(=O)Nc2ccc(Nc3cc(-c4cccc5c4oc4ccccc45)ncn3)cc2)c1. The van der Waals surface area contributed by atoms with Crippen molar-refractivity contribution in [3.63, 3.8) is 0 Å². The summed E-state index contributed by atoms with van der Waals surface area (Å²) in [5.41, 5.74) is 11.6. The quantitative estimate of drug-likeness (QED) is 0.244. The Balaban J connectivity index is 1.22. The lowest BCUT2D eigenvalue weighted by molar-refractivity contribution is 0.102. The average molecular weight is 472 g/mol. The molecule has 2 aromatic heterocycles. The number of rotatable bonds is 5. The van der Waals surface area contributed by atoms with Crippen LogP contribution in [0.1, 0.15) is 10.4 Å². The van der Waals surface area contributed by atoms with Gasteiger partial charge in [0, 0.05) is 45.0 Å². The molecule has 0 fully saturated rings. The van der Waals surface area contributed by atoms with Crippen molar-refractivity contribution >= 4 is 50.7 Å². The molecule has 0 aliphatic carbocycles. The lowest BCUT2D eigenvalue weighted by atomic mass is 10.1. The maximum Gasteiger partial charge on any atom is 0.255 e. The summed E-state index contributed by atoms with van der Waals surface area (Å²) in [4.78, 5) is 21.3. The lowest BCUT2D eigenvalue weighted by Gasteiger charge is -2.09. The Kier molecular flexibility index (Phi) is 5.27. The second kappa shape index (κ2) is 8.88. The molecular weight excluding hydrogens is 450 g/mol. The number of nitrogens with one attached hydrogen (secondary N) is 2. The van der Waals surface area contributed by atoms with Crippen molar-refractivity contribution in [2.45, 2.75) is 0 Å². The van der Waals surface area contributed by atoms with Gasteiger partial charge < -0.3 is 20.8 Å². The van der Waals surface area contributed by atoms with Crippen LogP contribution >= 0.6 is 0 Å². The first kappa shape index (κ1) is 21.4. The molecule has 0 bridgehead atoms. The molecule has 7 heteroatoms. The number of carbonyl (C=O) groups excluding carboxylic acids is 1. The van der Waals surface area contributed by atoms with Crippen molar-refractivity contribution in [2.24, 2.45) is 0 Å². The predicted molar refractivity (Wildman–Crippen MR) is 143 cm³/mol. The van der Waals surface area contributed by atoms with E-state index in [-0.39, 0.29) is 5.91 Å². The monoisotopic (exact) mass is 471 g/mol. The van der Waals surface area contributed by atoms with Gasteiger partial charge in [-0.2, -0.15) is 0 Å². The first-order valence-electron chi connectivity index (χ1n) is 11.4. The van der Waals surface area contributed by atoms with Gasteiger partial charge >= 0.3 is 0 Å². The number of benzene rings is 4. The third-order valence-corrected chi connectivity index (χ3v) is 5.91. The van der Waals surface area contributed by atoms with Crippen LogP contribution in [0.3, 0.4) is 0 Å². The van der Waals surface area contributed by atoms with Crippen LogP contribution in [-0.4, -0.2) is 15.9 Å². The number of amides is 1. The molecule has 4 N–H and O–H groups in total. The van der Waals surface area contributed by atoms with Crippen LogP contribution in [0.2, 0.25) is 0 Å². The van der Waals surface area contributed by atoms with Gasteiger partial charge in [0.05, 0.1) is 5.69 Å². The van der Waals surface area contributed by atoms with Gasteiger partial charge in [-0.1, -0.05) is 36.4 Å². The van der Waals surface area contributed by atoms with E-state index in [1.54, 1.807) is 24.3 Å². The van der Waals surface area contributed by atoms with Crippen LogP contribution in [0.25, 0.3) is 33.2 Å². The number of carbonyl (C=O) groups is 1. The number of nitrogen functional groups attached to an aromatic ring is 1. The predicted octanol–water partition coefficient (Wildman–Crippen LogP) is 6.62. The van der Waals surface area contributed by atoms with E-state index in [1.807, 2.05) is 60.7 Å². The van der Waals surface area contributed by atoms with E-state index in [9.17, 15) is 4.79 Å². The minimum Gasteiger partial charge on any atom is -0.455 e. The summed E-state index contributed by atoms with van der Waals surface area (Å²) >= 11 is 0. The fourth-order valence-corrected chi connectivity index (χ4v) is 4.19. The number of para-hydroxylation sites is 2. The average Bonchev–Trinajstić information content (AvgIpc) is 3.29. The van der Waals surface area contributed by atoms with Crippen LogP contribution in [0.4, 0.5) is 22.9 Å². The number of fused-ring (bicyclic) bond motifs is 3. The third-order valence-electron chi connectivity index (χ3n) is 5.91. The number of anilines is 4. The standard InChI is InChI=1S/C29H21N5O2/c30-19-6-3-5-18(15-19)29(35)34-21-13-11-20(12-14-21)33-27-16-25(31-17-32-27)24-9-4-8-23-22-7-1-2-10-26(22)36-28(23)24/h1-17H,30H2,(H,34,35)(H,31,32,33). The van der Waals surface area contributed by atoms with E-state index in [0.29, 0.717) is 22.8 Å². The molecule has 1 amide bonds. The van der Waals surface area contributed by atoms with E-state index in [2.05, 4.69) is 32.7 Å². The molecule has 0 unspecified atom stereocenters. The largest absolute Gasteiger partial charge is 0.455 e. The van der Waals surface area contributed by atoms with Gasteiger partial charge in [-0.15, -0.1) is 0 Å². The Labute approximate surface area is 206 Å². The number of hydrogen-bond donors (Lipinski definition) is 3. The van der Waals surface area contributed by atoms with Crippen molar-refractivity contribution in [3.05, 3.63) is 109 Å². The van der Waals surface area contributed by atoms with Crippen molar-refractivity contribution < 1.29 is 9.21 Å². The smallest absolute Gasteiger partial charge is 0.255 e. The van der Waals surface area contributed by atoms with E-state index < -0.39 is 0 Å². The number of aromatic nitrogens is 2. The molecule has 36 heavy (non-hydrogen) atoms. The summed E-state index contributed by atoms with van der Waals surface area (Å²) < 4.78 is 6.16. The molecule has 2 heterocycles. The molecule has 174 valence electrons. The first-order valence-corrected chi connectivity index (χ1v) is 11.4. The van der Waals surface area contributed by atoms with E-state index >= 15 is 0 Å². The molecule has 0 saturated carbocycles. The maximum absolute atomic E-state index is 12.5. The van der Waals surface area contributed by atoms with Crippen molar-refractivity contribution in [3.8, 4) is 11.3 Å². The van der Waals surface area contributed by atoms with Crippen LogP contribution in [-0.2, 0) is 0 Å². The second-order valence-corrected chi connectivity index (χ2v) is 8.35. The van der Waals surface area contributed by atoms with E-state index in [1.165, 1.54) is 6.33 Å². The maximum atomic E-state index is 12.5. The van der Waals surface area contributed by atoms with Gasteiger partial charge in [0.15, 0.2) is 0 Å². The molecular formula is C29H21N5O2. The Morgan fingerprint density at radius 1 is 0.778 bits per heavy atom. The zero-order valence-electron chi connectivity index (χ0n) is 19.1. The van der Waals surface area contributed by atoms with Gasteiger partial charge in [0.2, 0.25) is 0 Å². The molecule has 0 atom stereocenters. The van der Waals surface area contributed by atoms with Gasteiger partial charge in [-0.05, 0) is 54.6 Å². The summed E-state index contributed by atoms with van der Waals surface area (Å²) in [6.07, 6.45) is 1.53. The number of hydrogen-bond acceptors (Lipinski definition) is 6. The second-order valence-electron chi connectivity index (χ2n) is 8.35. The topological polar surface area (TPSA) is 106 Å². The van der Waals surface area contributed by atoms with Gasteiger partial charge in [-0.25, -0.2) is 9.97 Å². The highest BCUT2D eigenvalue weighted by Crippen LogP contribution is 2.35. The van der Waals surface area contributed by atoms with E-state index in [0.717, 1.165) is 38.9 Å². The minimum atomic E-state index is -0.219. The van der Waals surface area contributed by atoms with Crippen LogP contribution < -0.4 is 16.4 Å². The first-order chi connectivity index (χ1) is 17.6. The number of furan rings is 1. The fraction of sp³-hybridized carbons (Fsp3) is 0. The van der Waals surface area contributed by atoms with Crippen LogP contribution in [0.5, 0.6) is 0 Å². The highest BCUT2D eigenvalue weighted by atomic mass is 16.3. The molecule has 0 spiro atoms. The Morgan fingerprint density at radius 3 is 2.42 bits per heavy atom. The molecule has 0 aliphatic rings. The van der Waals surface area contributed by atoms with Crippen molar-refractivity contribution in [2.75, 3.05) is 16.4 Å². The Morgan fingerprint density at radius 2 is 1.56 bits per heavy atom. The molecule has 6 rings (SSSR count). The zero-order valence-corrected chi connectivity index (χ0v) is 19.1. The molecule has 6 aromatic rings. The van der Waals surface area contributed by atoms with Crippen molar-refractivity contribution in [1.29, 1.82) is 0 Å². The number of nitrogens with two attached hydrogens (primary N) is 1. The Hall–Kier alpha value is -5.17. The van der Waals surface area contributed by atoms with E-state index in [4.69, 9.17) is 10.2 Å². The van der Waals surface area contributed by atoms with Gasteiger partial charge in [0.25, 0.3) is 5.91 Å². The van der Waals surface area contributed by atoms with Crippen LogP contribution in [0.15, 0.2) is 108 Å². The summed E-state index contributed by atoms with van der Waals surface area (Å²) in [7, 11) is 0. The van der Waals surface area contributed by atoms with Gasteiger partial charge in [0.1, 0.15) is 23.3 Å². The van der Waals surface area contributed by atoms with Crippen LogP contribution in [0, 0.1) is 0 Å². The highest BCUT2D eigenvalue weighted by Gasteiger charge is 2.13. The zero-order chi connectivity index (χ0) is 24.5. The molecule has 7 nitrogen and oxygen atoms in total. The fourth-order valence-electron chi connectivity index (χ4n) is 4.19.